The van der Waals surface area contributed by atoms with Crippen molar-refractivity contribution in [2.24, 2.45) is 11.1 Å². The van der Waals surface area contributed by atoms with Crippen LogP contribution in [0, 0.1) is 12.3 Å². The summed E-state index contributed by atoms with van der Waals surface area (Å²) in [6, 6.07) is 0. The average Bonchev–Trinajstić information content (AvgIpc) is 2.76. The SMILES string of the molecule is Cc1csc(CN2CCC(C)(CN)C2)n1. The molecule has 0 amide bonds. The van der Waals surface area contributed by atoms with E-state index in [2.05, 4.69) is 22.2 Å². The minimum Gasteiger partial charge on any atom is -0.330 e. The number of hydrogen-bond acceptors (Lipinski definition) is 4. The zero-order valence-electron chi connectivity index (χ0n) is 9.49. The van der Waals surface area contributed by atoms with Gasteiger partial charge in [-0.3, -0.25) is 4.90 Å². The van der Waals surface area contributed by atoms with E-state index in [1.807, 2.05) is 6.92 Å². The van der Waals surface area contributed by atoms with Gasteiger partial charge in [0.2, 0.25) is 0 Å². The van der Waals surface area contributed by atoms with E-state index in [1.165, 1.54) is 11.4 Å². The lowest BCUT2D eigenvalue weighted by Crippen LogP contribution is -2.31. The van der Waals surface area contributed by atoms with Gasteiger partial charge in [-0.2, -0.15) is 0 Å². The molecule has 2 N–H and O–H groups in total. The first-order chi connectivity index (χ1) is 7.11. The van der Waals surface area contributed by atoms with Crippen LogP contribution in [-0.4, -0.2) is 29.5 Å². The zero-order chi connectivity index (χ0) is 10.9. The largest absolute Gasteiger partial charge is 0.330 e. The Morgan fingerprint density at radius 2 is 2.47 bits per heavy atom. The second-order valence-electron chi connectivity index (χ2n) is 4.86. The van der Waals surface area contributed by atoms with Gasteiger partial charge in [-0.05, 0) is 31.8 Å². The van der Waals surface area contributed by atoms with Crippen molar-refractivity contribution in [3.63, 3.8) is 0 Å². The van der Waals surface area contributed by atoms with Crippen molar-refractivity contribution < 1.29 is 0 Å². The number of aromatic nitrogens is 1. The van der Waals surface area contributed by atoms with Crippen molar-refractivity contribution in [1.82, 2.24) is 9.88 Å². The van der Waals surface area contributed by atoms with Gasteiger partial charge in [0.05, 0.1) is 6.54 Å². The van der Waals surface area contributed by atoms with Crippen LogP contribution in [-0.2, 0) is 6.54 Å². The highest BCUT2D eigenvalue weighted by Crippen LogP contribution is 2.29. The molecule has 1 saturated heterocycles. The second kappa shape index (κ2) is 4.20. The molecule has 84 valence electrons. The van der Waals surface area contributed by atoms with Crippen LogP contribution in [0.3, 0.4) is 0 Å². The fourth-order valence-electron chi connectivity index (χ4n) is 2.09. The standard InChI is InChI=1S/C11H19N3S/c1-9-6-15-10(13-9)5-14-4-3-11(2,7-12)8-14/h6H,3-5,7-8,12H2,1-2H3. The third kappa shape index (κ3) is 2.56. The number of likely N-dealkylation sites (tertiary alicyclic amines) is 1. The van der Waals surface area contributed by atoms with Crippen LogP contribution in [0.1, 0.15) is 24.0 Å². The summed E-state index contributed by atoms with van der Waals surface area (Å²) < 4.78 is 0. The van der Waals surface area contributed by atoms with E-state index in [0.29, 0.717) is 5.41 Å². The maximum absolute atomic E-state index is 5.79. The van der Waals surface area contributed by atoms with Gasteiger partial charge in [0, 0.05) is 17.6 Å². The highest BCUT2D eigenvalue weighted by Gasteiger charge is 2.32. The van der Waals surface area contributed by atoms with E-state index in [1.54, 1.807) is 11.3 Å². The van der Waals surface area contributed by atoms with Crippen molar-refractivity contribution in [2.75, 3.05) is 19.6 Å². The minimum absolute atomic E-state index is 0.326. The molecule has 1 aromatic rings. The van der Waals surface area contributed by atoms with Crippen LogP contribution < -0.4 is 5.73 Å². The average molecular weight is 225 g/mol. The fraction of sp³-hybridized carbons (Fsp3) is 0.727. The molecule has 4 heteroatoms. The molecule has 0 saturated carbocycles. The molecule has 1 aliphatic heterocycles. The Morgan fingerprint density at radius 3 is 3.00 bits per heavy atom. The molecule has 0 bridgehead atoms. The molecule has 1 unspecified atom stereocenters. The lowest BCUT2D eigenvalue weighted by Gasteiger charge is -2.21. The third-order valence-electron chi connectivity index (χ3n) is 3.16. The van der Waals surface area contributed by atoms with Crippen LogP contribution in [0.4, 0.5) is 0 Å². The van der Waals surface area contributed by atoms with Crippen molar-refractivity contribution in [3.05, 3.63) is 16.1 Å². The number of nitrogens with two attached hydrogens (primary N) is 1. The number of hydrogen-bond donors (Lipinski definition) is 1. The lowest BCUT2D eigenvalue weighted by atomic mass is 9.90. The molecule has 0 radical (unpaired) electrons. The molecule has 15 heavy (non-hydrogen) atoms. The van der Waals surface area contributed by atoms with Crippen LogP contribution in [0.15, 0.2) is 5.38 Å². The highest BCUT2D eigenvalue weighted by atomic mass is 32.1. The molecule has 2 heterocycles. The molecule has 2 rings (SSSR count). The number of nitrogens with zero attached hydrogens (tertiary/aromatic N) is 2. The van der Waals surface area contributed by atoms with Crippen molar-refractivity contribution in [2.45, 2.75) is 26.8 Å². The number of aryl methyl sites for hydroxylation is 1. The Labute approximate surface area is 95.3 Å². The minimum atomic E-state index is 0.326. The van der Waals surface area contributed by atoms with Gasteiger partial charge in [0.25, 0.3) is 0 Å². The lowest BCUT2D eigenvalue weighted by molar-refractivity contribution is 0.274. The first-order valence-corrected chi connectivity index (χ1v) is 6.33. The second-order valence-corrected chi connectivity index (χ2v) is 5.80. The summed E-state index contributed by atoms with van der Waals surface area (Å²) in [4.78, 5) is 6.96. The quantitative estimate of drug-likeness (QED) is 0.850. The molecular formula is C11H19N3S. The summed E-state index contributed by atoms with van der Waals surface area (Å²) in [7, 11) is 0. The Balaban J connectivity index is 1.92. The van der Waals surface area contributed by atoms with Gasteiger partial charge in [0.1, 0.15) is 5.01 Å². The third-order valence-corrected chi connectivity index (χ3v) is 4.11. The van der Waals surface area contributed by atoms with Crippen LogP contribution in [0.25, 0.3) is 0 Å². The maximum atomic E-state index is 5.79. The molecule has 0 aliphatic carbocycles. The van der Waals surface area contributed by atoms with Crippen LogP contribution >= 0.6 is 11.3 Å². The van der Waals surface area contributed by atoms with Crippen molar-refractivity contribution in [3.8, 4) is 0 Å². The first-order valence-electron chi connectivity index (χ1n) is 5.45. The van der Waals surface area contributed by atoms with E-state index in [0.717, 1.165) is 31.9 Å². The van der Waals surface area contributed by atoms with E-state index < -0.39 is 0 Å². The van der Waals surface area contributed by atoms with Gasteiger partial charge >= 0.3 is 0 Å². The summed E-state index contributed by atoms with van der Waals surface area (Å²) in [6.45, 7) is 8.39. The fourth-order valence-corrected chi connectivity index (χ4v) is 2.91. The summed E-state index contributed by atoms with van der Waals surface area (Å²) in [5, 5.41) is 3.35. The number of thiazole rings is 1. The van der Waals surface area contributed by atoms with Crippen LogP contribution in [0.2, 0.25) is 0 Å². The van der Waals surface area contributed by atoms with Gasteiger partial charge in [0.15, 0.2) is 0 Å². The maximum Gasteiger partial charge on any atom is 0.107 e. The number of rotatable bonds is 3. The summed E-state index contributed by atoms with van der Waals surface area (Å²) in [6.07, 6.45) is 1.22. The van der Waals surface area contributed by atoms with Gasteiger partial charge in [-0.25, -0.2) is 4.98 Å². The predicted octanol–water partition coefficient (Wildman–Crippen LogP) is 1.62. The first kappa shape index (κ1) is 11.0. The molecule has 1 aliphatic rings. The Kier molecular flexibility index (Phi) is 3.09. The smallest absolute Gasteiger partial charge is 0.107 e. The topological polar surface area (TPSA) is 42.1 Å². The molecule has 0 spiro atoms. The Bertz CT molecular complexity index is 336. The van der Waals surface area contributed by atoms with Crippen LogP contribution in [0.5, 0.6) is 0 Å². The molecule has 0 aromatic carbocycles. The normalized spacial score (nSPS) is 27.4. The van der Waals surface area contributed by atoms with E-state index in [9.17, 15) is 0 Å². The monoisotopic (exact) mass is 225 g/mol. The molecule has 3 nitrogen and oxygen atoms in total. The summed E-state index contributed by atoms with van der Waals surface area (Å²) >= 11 is 1.76. The summed E-state index contributed by atoms with van der Waals surface area (Å²) in [5.41, 5.74) is 7.25. The van der Waals surface area contributed by atoms with Crippen molar-refractivity contribution >= 4 is 11.3 Å². The predicted molar refractivity (Wildman–Crippen MR) is 63.9 cm³/mol. The zero-order valence-corrected chi connectivity index (χ0v) is 10.3. The Morgan fingerprint density at radius 1 is 1.67 bits per heavy atom. The van der Waals surface area contributed by atoms with Gasteiger partial charge in [-0.1, -0.05) is 6.92 Å². The molecular weight excluding hydrogens is 206 g/mol. The van der Waals surface area contributed by atoms with E-state index in [-0.39, 0.29) is 0 Å². The van der Waals surface area contributed by atoms with Crippen molar-refractivity contribution in [1.29, 1.82) is 0 Å². The molecule has 1 atom stereocenters. The van der Waals surface area contributed by atoms with Gasteiger partial charge < -0.3 is 5.73 Å². The summed E-state index contributed by atoms with van der Waals surface area (Å²) in [5.74, 6) is 0. The van der Waals surface area contributed by atoms with E-state index >= 15 is 0 Å². The van der Waals surface area contributed by atoms with E-state index in [4.69, 9.17) is 5.73 Å². The Hall–Kier alpha value is -0.450. The molecule has 1 aromatic heterocycles. The van der Waals surface area contributed by atoms with Gasteiger partial charge in [-0.15, -0.1) is 11.3 Å². The highest BCUT2D eigenvalue weighted by molar-refractivity contribution is 7.09. The molecule has 1 fully saturated rings.